The normalized spacial score (nSPS) is 11.6. The van der Waals surface area contributed by atoms with Gasteiger partial charge < -0.3 is 11.1 Å². The Bertz CT molecular complexity index is 879. The molecule has 0 bridgehead atoms. The minimum atomic E-state index is -3.73. The van der Waals surface area contributed by atoms with Gasteiger partial charge in [0.2, 0.25) is 10.0 Å². The molecule has 4 N–H and O–H groups in total. The van der Waals surface area contributed by atoms with E-state index in [9.17, 15) is 13.2 Å². The van der Waals surface area contributed by atoms with Gasteiger partial charge in [-0.25, -0.2) is 13.1 Å². The van der Waals surface area contributed by atoms with Gasteiger partial charge in [0.1, 0.15) is 0 Å². The fourth-order valence-corrected chi connectivity index (χ4v) is 3.32. The van der Waals surface area contributed by atoms with E-state index < -0.39 is 15.6 Å². The molecule has 0 unspecified atom stereocenters. The fraction of sp³-hybridized carbons (Fsp3) is 0.316. The highest BCUT2D eigenvalue weighted by molar-refractivity contribution is 7.89. The molecule has 0 radical (unpaired) electrons. The second kappa shape index (κ2) is 9.32. The molecule has 148 valence electrons. The van der Waals surface area contributed by atoms with Gasteiger partial charge in [0, 0.05) is 24.2 Å². The number of hydrogen-bond donors (Lipinski definition) is 3. The first-order valence-electron chi connectivity index (χ1n) is 8.30. The van der Waals surface area contributed by atoms with Crippen molar-refractivity contribution in [2.24, 2.45) is 5.73 Å². The number of carbonyl (C=O) groups is 1. The number of amides is 1. The Hall–Kier alpha value is -1.93. The summed E-state index contributed by atoms with van der Waals surface area (Å²) in [5.41, 5.74) is 7.19. The molecule has 0 aliphatic heterocycles. The second-order valence-corrected chi connectivity index (χ2v) is 8.73. The monoisotopic (exact) mass is 411 g/mol. The van der Waals surface area contributed by atoms with Crippen LogP contribution < -0.4 is 15.8 Å². The van der Waals surface area contributed by atoms with Crippen molar-refractivity contribution >= 4 is 28.3 Å². The summed E-state index contributed by atoms with van der Waals surface area (Å²) in [5, 5.41) is 2.74. The van der Waals surface area contributed by atoms with Gasteiger partial charge in [0.05, 0.1) is 4.90 Å². The van der Waals surface area contributed by atoms with E-state index in [4.69, 9.17) is 5.73 Å². The number of sulfonamides is 1. The van der Waals surface area contributed by atoms with Gasteiger partial charge in [-0.2, -0.15) is 0 Å². The van der Waals surface area contributed by atoms with Crippen molar-refractivity contribution in [1.29, 1.82) is 0 Å². The van der Waals surface area contributed by atoms with Crippen molar-refractivity contribution < 1.29 is 13.2 Å². The smallest absolute Gasteiger partial charge is 0.251 e. The summed E-state index contributed by atoms with van der Waals surface area (Å²) < 4.78 is 27.6. The van der Waals surface area contributed by atoms with E-state index in [-0.39, 0.29) is 36.3 Å². The van der Waals surface area contributed by atoms with Crippen LogP contribution >= 0.6 is 12.4 Å². The van der Waals surface area contributed by atoms with E-state index in [1.165, 1.54) is 12.1 Å². The molecule has 0 saturated carbocycles. The van der Waals surface area contributed by atoms with Crippen LogP contribution in [0.1, 0.15) is 35.3 Å². The van der Waals surface area contributed by atoms with Crippen LogP contribution in [0.15, 0.2) is 53.4 Å². The largest absolute Gasteiger partial charge is 0.350 e. The van der Waals surface area contributed by atoms with Crippen LogP contribution in [-0.4, -0.2) is 26.4 Å². The van der Waals surface area contributed by atoms with Gasteiger partial charge in [-0.05, 0) is 44.0 Å². The Balaban J connectivity index is 0.00000364. The highest BCUT2D eigenvalue weighted by atomic mass is 35.5. The first-order chi connectivity index (χ1) is 12.1. The predicted octanol–water partition coefficient (Wildman–Crippen LogP) is 2.36. The number of halogens is 1. The van der Waals surface area contributed by atoms with Crippen LogP contribution in [0.3, 0.4) is 0 Å². The molecule has 0 aliphatic rings. The van der Waals surface area contributed by atoms with Crippen LogP contribution in [0.5, 0.6) is 0 Å². The van der Waals surface area contributed by atoms with E-state index >= 15 is 0 Å². The number of nitrogens with one attached hydrogen (secondary N) is 2. The summed E-state index contributed by atoms with van der Waals surface area (Å²) in [5.74, 6) is -0.346. The zero-order valence-corrected chi connectivity index (χ0v) is 17.3. The average Bonchev–Trinajstić information content (AvgIpc) is 2.58. The van der Waals surface area contributed by atoms with Gasteiger partial charge in [0.15, 0.2) is 0 Å². The molecule has 8 heteroatoms. The minimum Gasteiger partial charge on any atom is -0.350 e. The Morgan fingerprint density at radius 1 is 1.11 bits per heavy atom. The molecular weight excluding hydrogens is 386 g/mol. The lowest BCUT2D eigenvalue weighted by atomic mass is 10.1. The Labute approximate surface area is 167 Å². The highest BCUT2D eigenvalue weighted by Crippen LogP contribution is 2.16. The zero-order valence-electron chi connectivity index (χ0n) is 15.7. The molecule has 0 aromatic heterocycles. The maximum absolute atomic E-state index is 12.5. The molecule has 0 spiro atoms. The van der Waals surface area contributed by atoms with Crippen molar-refractivity contribution in [3.63, 3.8) is 0 Å². The molecular formula is C19H26ClN3O3S. The molecule has 0 fully saturated rings. The van der Waals surface area contributed by atoms with Crippen LogP contribution in [0, 0.1) is 6.92 Å². The third kappa shape index (κ3) is 6.95. The van der Waals surface area contributed by atoms with Crippen molar-refractivity contribution in [3.05, 3.63) is 65.2 Å². The maximum Gasteiger partial charge on any atom is 0.251 e. The maximum atomic E-state index is 12.5. The average molecular weight is 412 g/mol. The van der Waals surface area contributed by atoms with E-state index in [2.05, 4.69) is 10.0 Å². The molecule has 6 nitrogen and oxygen atoms in total. The number of hydrogen-bond acceptors (Lipinski definition) is 4. The molecule has 0 atom stereocenters. The first kappa shape index (κ1) is 23.1. The van der Waals surface area contributed by atoms with Crippen molar-refractivity contribution in [2.45, 2.75) is 37.8 Å². The summed E-state index contributed by atoms with van der Waals surface area (Å²) in [6, 6.07) is 13.7. The lowest BCUT2D eigenvalue weighted by Crippen LogP contribution is -2.45. The van der Waals surface area contributed by atoms with Gasteiger partial charge >= 0.3 is 0 Å². The minimum absolute atomic E-state index is 0. The van der Waals surface area contributed by atoms with Crippen molar-refractivity contribution in [3.8, 4) is 0 Å². The predicted molar refractivity (Wildman–Crippen MR) is 109 cm³/mol. The quantitative estimate of drug-likeness (QED) is 0.650. The number of aryl methyl sites for hydroxylation is 1. The van der Waals surface area contributed by atoms with Gasteiger partial charge in [0.25, 0.3) is 5.91 Å². The lowest BCUT2D eigenvalue weighted by Gasteiger charge is -2.19. The molecule has 2 rings (SSSR count). The van der Waals surface area contributed by atoms with E-state index in [0.717, 1.165) is 5.56 Å². The van der Waals surface area contributed by atoms with Crippen LogP contribution in [0.4, 0.5) is 0 Å². The van der Waals surface area contributed by atoms with E-state index in [1.807, 2.05) is 30.3 Å². The van der Waals surface area contributed by atoms with Gasteiger partial charge in [-0.15, -0.1) is 12.4 Å². The topological polar surface area (TPSA) is 101 Å². The molecule has 1 amide bonds. The standard InChI is InChI=1S/C19H25N3O3S.ClH/c1-14-9-10-16(11-17(14)18(23)21-13-19(2,3)20)26(24,25)22-12-15-7-5-4-6-8-15;/h4-11,22H,12-13,20H2,1-3H3,(H,21,23);1H. The number of nitrogens with two attached hydrogens (primary N) is 1. The molecule has 2 aromatic carbocycles. The second-order valence-electron chi connectivity index (χ2n) is 6.96. The lowest BCUT2D eigenvalue weighted by molar-refractivity contribution is 0.0945. The molecule has 0 heterocycles. The number of rotatable bonds is 7. The van der Waals surface area contributed by atoms with E-state index in [1.54, 1.807) is 26.8 Å². The van der Waals surface area contributed by atoms with Gasteiger partial charge in [-0.3, -0.25) is 4.79 Å². The molecule has 0 aliphatic carbocycles. The SMILES string of the molecule is Cc1ccc(S(=O)(=O)NCc2ccccc2)cc1C(=O)NCC(C)(C)N.Cl. The summed E-state index contributed by atoms with van der Waals surface area (Å²) in [4.78, 5) is 12.4. The first-order valence-corrected chi connectivity index (χ1v) is 9.78. The molecule has 27 heavy (non-hydrogen) atoms. The van der Waals surface area contributed by atoms with Crippen molar-refractivity contribution in [2.75, 3.05) is 6.54 Å². The van der Waals surface area contributed by atoms with E-state index in [0.29, 0.717) is 11.1 Å². The van der Waals surface area contributed by atoms with Crippen LogP contribution in [0.2, 0.25) is 0 Å². The third-order valence-electron chi connectivity index (χ3n) is 3.78. The Kier molecular flexibility index (Phi) is 7.98. The summed E-state index contributed by atoms with van der Waals surface area (Å²) in [7, 11) is -3.73. The summed E-state index contributed by atoms with van der Waals surface area (Å²) >= 11 is 0. The number of benzene rings is 2. The fourth-order valence-electron chi connectivity index (χ4n) is 2.27. The molecule has 2 aromatic rings. The number of carbonyl (C=O) groups excluding carboxylic acids is 1. The zero-order chi connectivity index (χ0) is 19.4. The third-order valence-corrected chi connectivity index (χ3v) is 5.18. The molecule has 0 saturated heterocycles. The Morgan fingerprint density at radius 3 is 2.33 bits per heavy atom. The highest BCUT2D eigenvalue weighted by Gasteiger charge is 2.19. The summed E-state index contributed by atoms with van der Waals surface area (Å²) in [6.07, 6.45) is 0. The van der Waals surface area contributed by atoms with Crippen LogP contribution in [0.25, 0.3) is 0 Å². The summed E-state index contributed by atoms with van der Waals surface area (Å²) in [6.45, 7) is 5.83. The Morgan fingerprint density at radius 2 is 1.74 bits per heavy atom. The van der Waals surface area contributed by atoms with Crippen molar-refractivity contribution in [1.82, 2.24) is 10.0 Å². The van der Waals surface area contributed by atoms with Crippen LogP contribution in [-0.2, 0) is 16.6 Å². The van der Waals surface area contributed by atoms with Gasteiger partial charge in [-0.1, -0.05) is 36.4 Å².